The zero-order chi connectivity index (χ0) is 19.9. The molecule has 0 aliphatic carbocycles. The van der Waals surface area contributed by atoms with Crippen LogP contribution in [0, 0.1) is 0 Å². The predicted octanol–water partition coefficient (Wildman–Crippen LogP) is -0.375. The monoisotopic (exact) mass is 448 g/mol. The number of nitrogens with zero attached hydrogens (tertiary/aromatic N) is 4. The van der Waals surface area contributed by atoms with E-state index in [-0.39, 0.29) is 18.7 Å². The Morgan fingerprint density at radius 2 is 1.85 bits per heavy atom. The van der Waals surface area contributed by atoms with Gasteiger partial charge in [-0.25, -0.2) is 8.42 Å². The molecule has 0 bridgehead atoms. The van der Waals surface area contributed by atoms with E-state index in [0.717, 1.165) is 4.47 Å². The minimum absolute atomic E-state index is 0.0157. The number of aromatic nitrogens is 4. The number of hydrogen-bond acceptors (Lipinski definition) is 8. The quantitative estimate of drug-likeness (QED) is 0.261. The number of aryl methyl sites for hydroxylation is 1. The van der Waals surface area contributed by atoms with Crippen molar-refractivity contribution >= 4 is 37.8 Å². The Bertz CT molecular complexity index is 871. The summed E-state index contributed by atoms with van der Waals surface area (Å²) in [5, 5.41) is 8.13. The van der Waals surface area contributed by atoms with Crippen LogP contribution in [0.1, 0.15) is 16.2 Å². The summed E-state index contributed by atoms with van der Waals surface area (Å²) in [5.41, 5.74) is 0.570. The maximum atomic E-state index is 12.2. The number of benzene rings is 1. The number of Topliss-reactive ketones (excluding diaryl/α,β-unsaturated/α-hetero) is 1. The second-order valence-electron chi connectivity index (χ2n) is 5.04. The molecular formula is C14H17BrN4O6S. The zero-order valence-corrected chi connectivity index (χ0v) is 16.7. The lowest BCUT2D eigenvalue weighted by Gasteiger charge is -1.99. The van der Waals surface area contributed by atoms with Gasteiger partial charge in [-0.1, -0.05) is 28.1 Å². The Morgan fingerprint density at radius 3 is 2.35 bits per heavy atom. The predicted molar refractivity (Wildman–Crippen MR) is 91.0 cm³/mol. The van der Waals surface area contributed by atoms with Crippen LogP contribution in [-0.2, 0) is 39.7 Å². The first-order chi connectivity index (χ1) is 12.0. The second kappa shape index (κ2) is 9.50. The smallest absolute Gasteiger partial charge is 0.316 e. The van der Waals surface area contributed by atoms with Gasteiger partial charge >= 0.3 is 11.8 Å². The van der Waals surface area contributed by atoms with Gasteiger partial charge in [-0.05, 0) is 16.9 Å². The summed E-state index contributed by atoms with van der Waals surface area (Å²) in [6.07, 6.45) is 0.574. The van der Waals surface area contributed by atoms with Crippen molar-refractivity contribution in [2.45, 2.75) is 13.0 Å². The number of ether oxygens (including phenoxy) is 1. The summed E-state index contributed by atoms with van der Waals surface area (Å²) in [6.45, 7) is 0.0157. The van der Waals surface area contributed by atoms with Crippen molar-refractivity contribution in [3.63, 3.8) is 0 Å². The number of carbonyl (C=O) groups excluding carboxylic acids is 2. The number of rotatable bonds is 5. The maximum Gasteiger partial charge on any atom is 0.316 e. The number of halogens is 1. The first-order valence-corrected chi connectivity index (χ1v) is 9.67. The van der Waals surface area contributed by atoms with Gasteiger partial charge in [0.2, 0.25) is 0 Å². The Hall–Kier alpha value is -2.18. The van der Waals surface area contributed by atoms with Crippen molar-refractivity contribution in [1.82, 2.24) is 15.1 Å². The number of ketones is 1. The fourth-order valence-electron chi connectivity index (χ4n) is 1.76. The van der Waals surface area contributed by atoms with E-state index in [1.165, 1.54) is 16.6 Å². The molecule has 0 unspecified atom stereocenters. The van der Waals surface area contributed by atoms with Crippen LogP contribution in [-0.4, -0.2) is 53.2 Å². The first-order valence-electron chi connectivity index (χ1n) is 7.06. The third-order valence-electron chi connectivity index (χ3n) is 2.79. The number of carbonyl (C=O) groups is 2. The molecule has 1 aromatic heterocycles. The molecule has 0 atom stereocenters. The number of esters is 1. The van der Waals surface area contributed by atoms with Crippen molar-refractivity contribution in [2.24, 2.45) is 7.05 Å². The molecule has 0 spiro atoms. The maximum absolute atomic E-state index is 12.2. The molecule has 0 saturated carbocycles. The molecule has 0 amide bonds. The minimum Gasteiger partial charge on any atom is -0.748 e. The van der Waals surface area contributed by atoms with Crippen LogP contribution in [0.2, 0.25) is 0 Å². The summed E-state index contributed by atoms with van der Waals surface area (Å²) in [4.78, 5) is 24.9. The van der Waals surface area contributed by atoms with Crippen LogP contribution in [0.25, 0.3) is 0 Å². The molecule has 0 aliphatic heterocycles. The van der Waals surface area contributed by atoms with Crippen molar-refractivity contribution in [3.8, 4) is 0 Å². The highest BCUT2D eigenvalue weighted by Crippen LogP contribution is 2.10. The minimum atomic E-state index is -3.92. The molecular weight excluding hydrogens is 432 g/mol. The zero-order valence-electron chi connectivity index (χ0n) is 14.2. The van der Waals surface area contributed by atoms with E-state index in [4.69, 9.17) is 13.0 Å². The summed E-state index contributed by atoms with van der Waals surface area (Å²) in [7, 11) is -0.989. The van der Waals surface area contributed by atoms with E-state index < -0.39 is 16.1 Å². The fourth-order valence-corrected chi connectivity index (χ4v) is 2.02. The standard InChI is InChI=1S/C13H14BrN4O3.CH4O3S/c1-17-15-12(7-13(20)21-2)18(16-17)8-11(19)9-3-5-10(14)6-4-9;1-5(2,3)4/h3-6H,7-8H2,1-2H3;1H3,(H,2,3,4)/q+1;/p-1. The number of methoxy groups -OCH3 is 1. The lowest BCUT2D eigenvalue weighted by molar-refractivity contribution is -0.749. The summed E-state index contributed by atoms with van der Waals surface area (Å²) in [6, 6.07) is 7.04. The van der Waals surface area contributed by atoms with Gasteiger partial charge in [0.15, 0.2) is 12.3 Å². The van der Waals surface area contributed by atoms with Crippen LogP contribution in [0.3, 0.4) is 0 Å². The Labute approximate surface area is 158 Å². The Balaban J connectivity index is 0.000000597. The van der Waals surface area contributed by atoms with Crippen LogP contribution in [0.4, 0.5) is 0 Å². The molecule has 0 fully saturated rings. The van der Waals surface area contributed by atoms with Crippen molar-refractivity contribution < 1.29 is 32.0 Å². The average molecular weight is 449 g/mol. The van der Waals surface area contributed by atoms with Crippen LogP contribution >= 0.6 is 15.9 Å². The first kappa shape index (κ1) is 21.9. The summed E-state index contributed by atoms with van der Waals surface area (Å²) in [5.74, 6) is -0.158. The highest BCUT2D eigenvalue weighted by atomic mass is 79.9. The summed E-state index contributed by atoms with van der Waals surface area (Å²) >= 11 is 3.32. The summed E-state index contributed by atoms with van der Waals surface area (Å²) < 4.78 is 34.1. The Kier molecular flexibility index (Phi) is 7.99. The number of tetrazole rings is 1. The van der Waals surface area contributed by atoms with Crippen LogP contribution in [0.15, 0.2) is 28.7 Å². The van der Waals surface area contributed by atoms with Gasteiger partial charge in [-0.15, -0.1) is 4.68 Å². The molecule has 2 aromatic rings. The van der Waals surface area contributed by atoms with E-state index >= 15 is 0 Å². The Morgan fingerprint density at radius 1 is 1.31 bits per heavy atom. The molecule has 0 radical (unpaired) electrons. The number of hydrogen-bond donors (Lipinski definition) is 0. The van der Waals surface area contributed by atoms with Gasteiger partial charge in [0.25, 0.3) is 0 Å². The van der Waals surface area contributed by atoms with Crippen LogP contribution in [0.5, 0.6) is 0 Å². The van der Waals surface area contributed by atoms with E-state index in [0.29, 0.717) is 17.6 Å². The van der Waals surface area contributed by atoms with Crippen LogP contribution < -0.4 is 4.68 Å². The van der Waals surface area contributed by atoms with Gasteiger partial charge in [0, 0.05) is 16.3 Å². The molecule has 12 heteroatoms. The third kappa shape index (κ3) is 8.27. The van der Waals surface area contributed by atoms with Crippen molar-refractivity contribution in [1.29, 1.82) is 0 Å². The lowest BCUT2D eigenvalue weighted by atomic mass is 10.1. The highest BCUT2D eigenvalue weighted by Gasteiger charge is 2.23. The largest absolute Gasteiger partial charge is 0.748 e. The molecule has 26 heavy (non-hydrogen) atoms. The van der Waals surface area contributed by atoms with Crippen molar-refractivity contribution in [2.75, 3.05) is 13.4 Å². The molecule has 1 heterocycles. The molecule has 0 saturated heterocycles. The van der Waals surface area contributed by atoms with E-state index in [9.17, 15) is 9.59 Å². The van der Waals surface area contributed by atoms with Gasteiger partial charge in [0.05, 0.1) is 27.5 Å². The lowest BCUT2D eigenvalue weighted by Crippen LogP contribution is -2.44. The highest BCUT2D eigenvalue weighted by molar-refractivity contribution is 9.10. The van der Waals surface area contributed by atoms with Gasteiger partial charge in [-0.2, -0.15) is 0 Å². The van der Waals surface area contributed by atoms with E-state index in [1.807, 2.05) is 0 Å². The molecule has 142 valence electrons. The molecule has 0 aliphatic rings. The average Bonchev–Trinajstić information content (AvgIpc) is 2.85. The molecule has 1 aromatic carbocycles. The molecule has 2 rings (SSSR count). The molecule has 0 N–H and O–H groups in total. The van der Waals surface area contributed by atoms with Gasteiger partial charge < -0.3 is 9.29 Å². The molecule has 10 nitrogen and oxygen atoms in total. The van der Waals surface area contributed by atoms with E-state index in [1.54, 1.807) is 31.3 Å². The topological polar surface area (TPSA) is 135 Å². The van der Waals surface area contributed by atoms with Crippen molar-refractivity contribution in [3.05, 3.63) is 40.1 Å². The van der Waals surface area contributed by atoms with E-state index in [2.05, 4.69) is 31.0 Å². The fraction of sp³-hybridized carbons (Fsp3) is 0.357. The normalized spacial score (nSPS) is 10.7. The second-order valence-corrected chi connectivity index (χ2v) is 7.36. The van der Waals surface area contributed by atoms with Gasteiger partial charge in [-0.3, -0.25) is 9.59 Å². The van der Waals surface area contributed by atoms with Gasteiger partial charge in [0.1, 0.15) is 13.5 Å². The third-order valence-corrected chi connectivity index (χ3v) is 3.31. The SMILES string of the molecule is COC(=O)Cc1nn(C)n[n+]1CC(=O)c1ccc(Br)cc1.CS(=O)(=O)[O-].